The van der Waals surface area contributed by atoms with Gasteiger partial charge in [-0.15, -0.1) is 0 Å². The molecule has 18 heavy (non-hydrogen) atoms. The number of carbonyl (C=O) groups is 2. The smallest absolute Gasteiger partial charge is 0.256 e. The van der Waals surface area contributed by atoms with Crippen LogP contribution in [0.4, 0.5) is 0 Å². The number of hydrogen-bond acceptors (Lipinski definition) is 2. The van der Waals surface area contributed by atoms with Crippen molar-refractivity contribution < 1.29 is 9.59 Å². The number of rotatable bonds is 1. The van der Waals surface area contributed by atoms with Crippen LogP contribution in [0.15, 0.2) is 18.2 Å². The highest BCUT2D eigenvalue weighted by atomic mass is 35.5. The highest BCUT2D eigenvalue weighted by Gasteiger charge is 2.30. The minimum atomic E-state index is -0.499. The average molecular weight is 287 g/mol. The summed E-state index contributed by atoms with van der Waals surface area (Å²) in [4.78, 5) is 25.4. The summed E-state index contributed by atoms with van der Waals surface area (Å²) < 4.78 is 0. The predicted molar refractivity (Wildman–Crippen MR) is 70.0 cm³/mol. The Morgan fingerprint density at radius 3 is 2.89 bits per heavy atom. The topological polar surface area (TPSA) is 49.4 Å². The third-order valence-corrected chi connectivity index (χ3v) is 3.48. The van der Waals surface area contributed by atoms with Crippen molar-refractivity contribution in [1.82, 2.24) is 10.2 Å². The van der Waals surface area contributed by atoms with E-state index in [4.69, 9.17) is 23.2 Å². The molecule has 6 heteroatoms. The number of halogens is 2. The van der Waals surface area contributed by atoms with Crippen molar-refractivity contribution in [2.24, 2.45) is 0 Å². The molecule has 0 unspecified atom stereocenters. The normalized spacial score (nSPS) is 19.6. The van der Waals surface area contributed by atoms with Crippen LogP contribution in [0, 0.1) is 0 Å². The maximum atomic E-state index is 12.3. The van der Waals surface area contributed by atoms with Crippen LogP contribution in [0.2, 0.25) is 10.0 Å². The molecule has 1 aliphatic heterocycles. The Kier molecular flexibility index (Phi) is 3.78. The van der Waals surface area contributed by atoms with Crippen LogP contribution in [0.25, 0.3) is 0 Å². The average Bonchev–Trinajstić information content (AvgIpc) is 2.35. The van der Waals surface area contributed by atoms with Gasteiger partial charge in [-0.05, 0) is 25.1 Å². The lowest BCUT2D eigenvalue weighted by Crippen LogP contribution is -2.55. The molecule has 0 saturated carbocycles. The van der Waals surface area contributed by atoms with Gasteiger partial charge in [-0.3, -0.25) is 9.59 Å². The van der Waals surface area contributed by atoms with Gasteiger partial charge in [0.25, 0.3) is 5.91 Å². The second kappa shape index (κ2) is 5.16. The van der Waals surface area contributed by atoms with Gasteiger partial charge >= 0.3 is 0 Å². The first-order valence-electron chi connectivity index (χ1n) is 5.54. The molecular weight excluding hydrogens is 275 g/mol. The molecule has 1 saturated heterocycles. The van der Waals surface area contributed by atoms with Crippen LogP contribution < -0.4 is 5.32 Å². The third-order valence-electron chi connectivity index (χ3n) is 2.92. The minimum Gasteiger partial charge on any atom is -0.353 e. The SMILES string of the molecule is C[C@H]1C(=O)NCCN1C(=O)c1cc(Cl)ccc1Cl. The molecule has 1 heterocycles. The van der Waals surface area contributed by atoms with Gasteiger partial charge in [0.1, 0.15) is 6.04 Å². The van der Waals surface area contributed by atoms with E-state index in [9.17, 15) is 9.59 Å². The van der Waals surface area contributed by atoms with E-state index < -0.39 is 6.04 Å². The minimum absolute atomic E-state index is 0.159. The third kappa shape index (κ3) is 2.44. The monoisotopic (exact) mass is 286 g/mol. The van der Waals surface area contributed by atoms with Gasteiger partial charge in [-0.2, -0.15) is 0 Å². The highest BCUT2D eigenvalue weighted by Crippen LogP contribution is 2.23. The first-order valence-corrected chi connectivity index (χ1v) is 6.30. The summed E-state index contributed by atoms with van der Waals surface area (Å²) in [5, 5.41) is 3.48. The van der Waals surface area contributed by atoms with Crippen molar-refractivity contribution in [3.63, 3.8) is 0 Å². The van der Waals surface area contributed by atoms with Gasteiger partial charge in [-0.25, -0.2) is 0 Å². The van der Waals surface area contributed by atoms with E-state index in [0.717, 1.165) is 0 Å². The fraction of sp³-hybridized carbons (Fsp3) is 0.333. The van der Waals surface area contributed by atoms with Crippen molar-refractivity contribution in [2.75, 3.05) is 13.1 Å². The number of benzene rings is 1. The second-order valence-corrected chi connectivity index (χ2v) is 4.93. The molecule has 1 atom stereocenters. The Balaban J connectivity index is 2.30. The van der Waals surface area contributed by atoms with Crippen molar-refractivity contribution >= 4 is 35.0 Å². The van der Waals surface area contributed by atoms with E-state index in [0.29, 0.717) is 28.7 Å². The fourth-order valence-electron chi connectivity index (χ4n) is 1.88. The molecule has 1 N–H and O–H groups in total. The molecule has 0 radical (unpaired) electrons. The lowest BCUT2D eigenvalue weighted by Gasteiger charge is -2.33. The van der Waals surface area contributed by atoms with Gasteiger partial charge < -0.3 is 10.2 Å². The van der Waals surface area contributed by atoms with E-state index >= 15 is 0 Å². The molecule has 1 aromatic carbocycles. The molecule has 1 aromatic rings. The Labute approximate surface area is 115 Å². The predicted octanol–water partition coefficient (Wildman–Crippen LogP) is 1.95. The van der Waals surface area contributed by atoms with Gasteiger partial charge in [-0.1, -0.05) is 23.2 Å². The Hall–Kier alpha value is -1.26. The lowest BCUT2D eigenvalue weighted by molar-refractivity contribution is -0.127. The van der Waals surface area contributed by atoms with Crippen LogP contribution in [0.3, 0.4) is 0 Å². The molecule has 1 aliphatic rings. The van der Waals surface area contributed by atoms with Crippen molar-refractivity contribution in [3.05, 3.63) is 33.8 Å². The zero-order chi connectivity index (χ0) is 13.3. The van der Waals surface area contributed by atoms with Crippen molar-refractivity contribution in [2.45, 2.75) is 13.0 Å². The summed E-state index contributed by atoms with van der Waals surface area (Å²) in [6, 6.07) is 4.21. The van der Waals surface area contributed by atoms with Crippen LogP contribution in [0.1, 0.15) is 17.3 Å². The van der Waals surface area contributed by atoms with E-state index in [2.05, 4.69) is 5.32 Å². The zero-order valence-electron chi connectivity index (χ0n) is 9.74. The largest absolute Gasteiger partial charge is 0.353 e. The molecule has 0 bridgehead atoms. The highest BCUT2D eigenvalue weighted by molar-refractivity contribution is 6.35. The first kappa shape index (κ1) is 13.2. The molecule has 96 valence electrons. The van der Waals surface area contributed by atoms with Gasteiger partial charge in [0.15, 0.2) is 0 Å². The number of nitrogens with one attached hydrogen (secondary N) is 1. The summed E-state index contributed by atoms with van der Waals surface area (Å²) in [5.41, 5.74) is 0.325. The second-order valence-electron chi connectivity index (χ2n) is 4.09. The molecule has 2 amide bonds. The fourth-order valence-corrected chi connectivity index (χ4v) is 2.25. The molecule has 1 fully saturated rings. The standard InChI is InChI=1S/C12H12Cl2N2O2/c1-7-11(17)15-4-5-16(7)12(18)9-6-8(13)2-3-10(9)14/h2-3,6-7H,4-5H2,1H3,(H,15,17)/t7-/m0/s1. The lowest BCUT2D eigenvalue weighted by atomic mass is 10.1. The number of carbonyl (C=O) groups excluding carboxylic acids is 2. The maximum absolute atomic E-state index is 12.3. The summed E-state index contributed by atoms with van der Waals surface area (Å²) in [6.45, 7) is 2.60. The Bertz CT molecular complexity index is 505. The van der Waals surface area contributed by atoms with Crippen LogP contribution >= 0.6 is 23.2 Å². The number of hydrogen-bond donors (Lipinski definition) is 1. The van der Waals surface area contributed by atoms with E-state index in [1.54, 1.807) is 19.1 Å². The summed E-state index contributed by atoms with van der Waals surface area (Å²) in [6.07, 6.45) is 0. The number of piperazine rings is 1. The van der Waals surface area contributed by atoms with Gasteiger partial charge in [0.05, 0.1) is 10.6 Å². The Morgan fingerprint density at radius 1 is 1.44 bits per heavy atom. The summed E-state index contributed by atoms with van der Waals surface area (Å²) in [5.74, 6) is -0.433. The zero-order valence-corrected chi connectivity index (χ0v) is 11.3. The number of amides is 2. The molecule has 4 nitrogen and oxygen atoms in total. The molecule has 0 aliphatic carbocycles. The number of nitrogens with zero attached hydrogens (tertiary/aromatic N) is 1. The molecule has 2 rings (SSSR count). The van der Waals surface area contributed by atoms with E-state index in [1.807, 2.05) is 0 Å². The van der Waals surface area contributed by atoms with Crippen LogP contribution in [-0.4, -0.2) is 35.8 Å². The van der Waals surface area contributed by atoms with E-state index in [-0.39, 0.29) is 11.8 Å². The van der Waals surface area contributed by atoms with Crippen LogP contribution in [0.5, 0.6) is 0 Å². The molecule has 0 aromatic heterocycles. The van der Waals surface area contributed by atoms with E-state index in [1.165, 1.54) is 11.0 Å². The maximum Gasteiger partial charge on any atom is 0.256 e. The van der Waals surface area contributed by atoms with Gasteiger partial charge in [0, 0.05) is 18.1 Å². The van der Waals surface area contributed by atoms with Crippen molar-refractivity contribution in [3.8, 4) is 0 Å². The molecular formula is C12H12Cl2N2O2. The quantitative estimate of drug-likeness (QED) is 0.858. The van der Waals surface area contributed by atoms with Crippen LogP contribution in [-0.2, 0) is 4.79 Å². The molecule has 0 spiro atoms. The van der Waals surface area contributed by atoms with Gasteiger partial charge in [0.2, 0.25) is 5.91 Å². The first-order chi connectivity index (χ1) is 8.50. The van der Waals surface area contributed by atoms with Crippen molar-refractivity contribution in [1.29, 1.82) is 0 Å². The summed E-state index contributed by atoms with van der Waals surface area (Å²) >= 11 is 11.8. The summed E-state index contributed by atoms with van der Waals surface area (Å²) in [7, 11) is 0. The Morgan fingerprint density at radius 2 is 2.17 bits per heavy atom.